The average molecular weight is 549 g/mol. The molecule has 0 saturated carbocycles. The van der Waals surface area contributed by atoms with E-state index in [1.165, 1.54) is 7.11 Å². The van der Waals surface area contributed by atoms with Crippen molar-refractivity contribution >= 4 is 40.0 Å². The molecule has 1 fully saturated rings. The highest BCUT2D eigenvalue weighted by atomic mass is 127. The summed E-state index contributed by atoms with van der Waals surface area (Å²) in [6.45, 7) is 5.09. The third-order valence-corrected chi connectivity index (χ3v) is 6.75. The van der Waals surface area contributed by atoms with Crippen LogP contribution < -0.4 is 10.0 Å². The van der Waals surface area contributed by atoms with E-state index in [0.717, 1.165) is 44.1 Å². The van der Waals surface area contributed by atoms with E-state index in [0.29, 0.717) is 19.2 Å². The van der Waals surface area contributed by atoms with Gasteiger partial charge >= 0.3 is 0 Å². The molecule has 2 N–H and O–H groups in total. The van der Waals surface area contributed by atoms with Gasteiger partial charge in [-0.15, -0.1) is 24.0 Å². The van der Waals surface area contributed by atoms with Crippen molar-refractivity contribution in [2.24, 2.45) is 4.99 Å². The van der Waals surface area contributed by atoms with Crippen LogP contribution in [0.25, 0.3) is 0 Å². The fraction of sp³-hybridized carbons (Fsp3) is 0.550. The Balaban J connectivity index is 0.00000320. The number of hydrogen-bond acceptors (Lipinski definition) is 5. The molecule has 1 aromatic carbocycles. The predicted molar refractivity (Wildman–Crippen MR) is 130 cm³/mol. The van der Waals surface area contributed by atoms with Crippen LogP contribution >= 0.6 is 24.0 Å². The first-order valence-corrected chi connectivity index (χ1v) is 11.4. The van der Waals surface area contributed by atoms with Gasteiger partial charge in [0.15, 0.2) is 5.96 Å². The second kappa shape index (κ2) is 12.0. The lowest BCUT2D eigenvalue weighted by Crippen LogP contribution is -2.42. The zero-order chi connectivity index (χ0) is 20.7. The molecule has 1 unspecified atom stereocenters. The van der Waals surface area contributed by atoms with E-state index in [-0.39, 0.29) is 35.4 Å². The molecule has 1 aromatic rings. The lowest BCUT2D eigenvalue weighted by molar-refractivity contribution is 0.204. The Morgan fingerprint density at radius 1 is 1.30 bits per heavy atom. The molecule has 0 spiro atoms. The lowest BCUT2D eigenvalue weighted by Gasteiger charge is -2.25. The van der Waals surface area contributed by atoms with Crippen LogP contribution in [0.5, 0.6) is 0 Å². The number of rotatable bonds is 8. The van der Waals surface area contributed by atoms with E-state index in [1.807, 2.05) is 6.07 Å². The van der Waals surface area contributed by atoms with Crippen molar-refractivity contribution < 1.29 is 13.2 Å². The normalized spacial score (nSPS) is 19.9. The van der Waals surface area contributed by atoms with Crippen molar-refractivity contribution in [3.63, 3.8) is 0 Å². The largest absolute Gasteiger partial charge is 0.383 e. The van der Waals surface area contributed by atoms with Crippen LogP contribution in [0.2, 0.25) is 0 Å². The zero-order valence-electron chi connectivity index (χ0n) is 17.6. The number of halogens is 1. The summed E-state index contributed by atoms with van der Waals surface area (Å²) in [6, 6.07) is 7.52. The van der Waals surface area contributed by atoms with Crippen molar-refractivity contribution in [3.8, 4) is 0 Å². The van der Waals surface area contributed by atoms with E-state index in [1.54, 1.807) is 25.2 Å². The van der Waals surface area contributed by atoms with E-state index >= 15 is 0 Å². The standard InChI is InChI=1S/C20H31N5O3S.HI/c1-21-20(25-12-8-18(16-25)24-10-3-4-11-24)22-15-17-6-5-7-19(14-17)29(26,27)23-9-13-28-2;/h3-7,14,18,23H,8-13,15-16H2,1-2H3,(H,21,22);1H. The van der Waals surface area contributed by atoms with Gasteiger partial charge in [-0.25, -0.2) is 13.1 Å². The first-order valence-electron chi connectivity index (χ1n) is 9.95. The van der Waals surface area contributed by atoms with Gasteiger partial charge < -0.3 is 15.0 Å². The minimum Gasteiger partial charge on any atom is -0.383 e. The summed E-state index contributed by atoms with van der Waals surface area (Å²) in [4.78, 5) is 9.43. The first kappa shape index (κ1) is 25.1. The van der Waals surface area contributed by atoms with Crippen LogP contribution in [0.15, 0.2) is 46.3 Å². The van der Waals surface area contributed by atoms with Gasteiger partial charge in [0.05, 0.1) is 11.5 Å². The molecule has 30 heavy (non-hydrogen) atoms. The maximum Gasteiger partial charge on any atom is 0.240 e. The van der Waals surface area contributed by atoms with Crippen LogP contribution in [0, 0.1) is 0 Å². The van der Waals surface area contributed by atoms with Crippen molar-refractivity contribution in [1.82, 2.24) is 19.8 Å². The Morgan fingerprint density at radius 3 is 2.77 bits per heavy atom. The summed E-state index contributed by atoms with van der Waals surface area (Å²) in [6.07, 6.45) is 5.57. The van der Waals surface area contributed by atoms with Crippen LogP contribution in [-0.4, -0.2) is 83.7 Å². The van der Waals surface area contributed by atoms with Gasteiger partial charge in [-0.05, 0) is 24.1 Å². The number of guanidine groups is 1. The van der Waals surface area contributed by atoms with E-state index in [2.05, 4.69) is 37.0 Å². The number of nitrogens with zero attached hydrogens (tertiary/aromatic N) is 3. The minimum absolute atomic E-state index is 0. The molecule has 0 amide bonds. The van der Waals surface area contributed by atoms with Crippen LogP contribution in [0.3, 0.4) is 0 Å². The lowest BCUT2D eigenvalue weighted by atomic mass is 10.2. The number of benzene rings is 1. The molecule has 2 aliphatic heterocycles. The number of aliphatic imine (C=N–C) groups is 1. The van der Waals surface area contributed by atoms with Crippen molar-refractivity contribution in [1.29, 1.82) is 0 Å². The third kappa shape index (κ3) is 6.64. The summed E-state index contributed by atoms with van der Waals surface area (Å²) < 4.78 is 32.2. The summed E-state index contributed by atoms with van der Waals surface area (Å²) in [5.41, 5.74) is 0.889. The Labute approximate surface area is 196 Å². The Bertz CT molecular complexity index is 839. The quantitative estimate of drug-likeness (QED) is 0.167. The SMILES string of the molecule is CN=C(NCc1cccc(S(=O)(=O)NCCOC)c1)N1CCC(N2CC=CC2)C1.I. The van der Waals surface area contributed by atoms with Gasteiger partial charge in [-0.2, -0.15) is 0 Å². The molecule has 0 radical (unpaired) electrons. The number of sulfonamides is 1. The van der Waals surface area contributed by atoms with Gasteiger partial charge in [0, 0.05) is 59.5 Å². The monoisotopic (exact) mass is 549 g/mol. The molecule has 10 heteroatoms. The fourth-order valence-corrected chi connectivity index (χ4v) is 4.81. The Kier molecular flexibility index (Phi) is 10.0. The first-order chi connectivity index (χ1) is 14.0. The molecule has 3 rings (SSSR count). The van der Waals surface area contributed by atoms with Gasteiger partial charge in [0.25, 0.3) is 0 Å². The van der Waals surface area contributed by atoms with Gasteiger partial charge in [-0.3, -0.25) is 9.89 Å². The molecule has 2 heterocycles. The summed E-state index contributed by atoms with van der Waals surface area (Å²) in [5.74, 6) is 0.853. The van der Waals surface area contributed by atoms with Gasteiger partial charge in [0.2, 0.25) is 10.0 Å². The third-order valence-electron chi connectivity index (χ3n) is 5.30. The Morgan fingerprint density at radius 2 is 2.07 bits per heavy atom. The number of methoxy groups -OCH3 is 1. The highest BCUT2D eigenvalue weighted by Gasteiger charge is 2.29. The molecule has 168 valence electrons. The molecule has 0 bridgehead atoms. The molecule has 0 aromatic heterocycles. The van der Waals surface area contributed by atoms with Gasteiger partial charge in [-0.1, -0.05) is 24.3 Å². The summed E-state index contributed by atoms with van der Waals surface area (Å²) >= 11 is 0. The highest BCUT2D eigenvalue weighted by molar-refractivity contribution is 14.0. The maximum absolute atomic E-state index is 12.4. The average Bonchev–Trinajstić information content (AvgIpc) is 3.41. The fourth-order valence-electron chi connectivity index (χ4n) is 3.72. The molecule has 0 aliphatic carbocycles. The van der Waals surface area contributed by atoms with Crippen molar-refractivity contribution in [3.05, 3.63) is 42.0 Å². The van der Waals surface area contributed by atoms with E-state index < -0.39 is 10.0 Å². The number of nitrogens with one attached hydrogen (secondary N) is 2. The van der Waals surface area contributed by atoms with Gasteiger partial charge in [0.1, 0.15) is 0 Å². The molecular weight excluding hydrogens is 517 g/mol. The predicted octanol–water partition coefficient (Wildman–Crippen LogP) is 1.25. The van der Waals surface area contributed by atoms with Crippen LogP contribution in [0.1, 0.15) is 12.0 Å². The maximum atomic E-state index is 12.4. The highest BCUT2D eigenvalue weighted by Crippen LogP contribution is 2.18. The smallest absolute Gasteiger partial charge is 0.240 e. The second-order valence-electron chi connectivity index (χ2n) is 7.25. The number of ether oxygens (including phenoxy) is 1. The topological polar surface area (TPSA) is 86.3 Å². The van der Waals surface area contributed by atoms with E-state index in [9.17, 15) is 8.42 Å². The number of hydrogen-bond donors (Lipinski definition) is 2. The van der Waals surface area contributed by atoms with E-state index in [4.69, 9.17) is 4.74 Å². The van der Waals surface area contributed by atoms with Crippen molar-refractivity contribution in [2.75, 3.05) is 53.5 Å². The second-order valence-corrected chi connectivity index (χ2v) is 9.02. The zero-order valence-corrected chi connectivity index (χ0v) is 20.7. The van der Waals surface area contributed by atoms with Crippen LogP contribution in [0.4, 0.5) is 0 Å². The minimum atomic E-state index is -3.54. The summed E-state index contributed by atoms with van der Waals surface area (Å²) in [7, 11) is -0.216. The number of likely N-dealkylation sites (tertiary alicyclic amines) is 1. The summed E-state index contributed by atoms with van der Waals surface area (Å²) in [5, 5.41) is 3.38. The molecular formula is C20H32IN5O3S. The molecule has 8 nitrogen and oxygen atoms in total. The molecule has 2 aliphatic rings. The molecule has 1 saturated heterocycles. The molecule has 1 atom stereocenters. The van der Waals surface area contributed by atoms with Crippen molar-refractivity contribution in [2.45, 2.75) is 23.9 Å². The van der Waals surface area contributed by atoms with Crippen LogP contribution in [-0.2, 0) is 21.3 Å². The Hall–Kier alpha value is -1.21.